The predicted molar refractivity (Wildman–Crippen MR) is 44.2 cm³/mol. The zero-order valence-corrected chi connectivity index (χ0v) is 7.52. The molecule has 0 N–H and O–H groups in total. The molecule has 2 aliphatic rings. The number of rotatable bonds is 0. The maximum atomic E-state index is 13.0. The molecule has 0 saturated heterocycles. The van der Waals surface area contributed by atoms with Crippen molar-refractivity contribution >= 4 is 0 Å². The second-order valence-electron chi connectivity index (χ2n) is 4.70. The maximum Gasteiger partial charge on any atom is 0.248 e. The molecule has 0 spiro atoms. The second kappa shape index (κ2) is 2.68. The van der Waals surface area contributed by atoms with E-state index in [0.29, 0.717) is 17.8 Å². The van der Waals surface area contributed by atoms with Gasteiger partial charge in [-0.15, -0.1) is 0 Å². The monoisotopic (exact) mass is 174 g/mol. The largest absolute Gasteiger partial charge is 0.248 e. The summed E-state index contributed by atoms with van der Waals surface area (Å²) < 4.78 is 25.9. The molecular weight excluding hydrogens is 158 g/mol. The van der Waals surface area contributed by atoms with Gasteiger partial charge in [0.2, 0.25) is 5.92 Å². The molecule has 2 saturated carbocycles. The van der Waals surface area contributed by atoms with E-state index >= 15 is 0 Å². The van der Waals surface area contributed by atoms with Crippen molar-refractivity contribution in [2.75, 3.05) is 0 Å². The summed E-state index contributed by atoms with van der Waals surface area (Å²) in [6.07, 6.45) is 3.31. The normalized spacial score (nSPS) is 45.8. The Kier molecular flexibility index (Phi) is 1.89. The molecule has 0 unspecified atom stereocenters. The topological polar surface area (TPSA) is 0 Å². The Balaban J connectivity index is 2.02. The Morgan fingerprint density at radius 3 is 2.58 bits per heavy atom. The van der Waals surface area contributed by atoms with Gasteiger partial charge in [-0.3, -0.25) is 0 Å². The average Bonchev–Trinajstić information content (AvgIpc) is 2.26. The Labute approximate surface area is 72.3 Å². The first-order valence-electron chi connectivity index (χ1n) is 4.95. The molecule has 0 aliphatic heterocycles. The van der Waals surface area contributed by atoms with Crippen LogP contribution in [0, 0.1) is 17.8 Å². The van der Waals surface area contributed by atoms with Crippen LogP contribution in [0.3, 0.4) is 0 Å². The fraction of sp³-hybridized carbons (Fsp3) is 1.00. The number of hydrogen-bond donors (Lipinski definition) is 0. The van der Waals surface area contributed by atoms with Crippen LogP contribution in [-0.2, 0) is 0 Å². The lowest BCUT2D eigenvalue weighted by atomic mass is 9.80. The minimum Gasteiger partial charge on any atom is -0.207 e. The summed E-state index contributed by atoms with van der Waals surface area (Å²) in [5, 5.41) is 0. The zero-order chi connectivity index (χ0) is 8.77. The van der Waals surface area contributed by atoms with E-state index in [9.17, 15) is 8.78 Å². The lowest BCUT2D eigenvalue weighted by Crippen LogP contribution is -2.29. The molecule has 70 valence electrons. The van der Waals surface area contributed by atoms with Gasteiger partial charge in [-0.2, -0.15) is 0 Å². The minimum atomic E-state index is -2.34. The van der Waals surface area contributed by atoms with E-state index in [-0.39, 0.29) is 12.8 Å². The number of halogens is 2. The summed E-state index contributed by atoms with van der Waals surface area (Å²) in [5.74, 6) is -0.692. The highest BCUT2D eigenvalue weighted by atomic mass is 19.3. The van der Waals surface area contributed by atoms with Gasteiger partial charge in [-0.25, -0.2) is 8.78 Å². The SMILES string of the molecule is C[C@H]1C[C@@H]2CCC(F)(F)C[C@@H]2C1. The van der Waals surface area contributed by atoms with Crippen LogP contribution in [0.1, 0.15) is 39.0 Å². The van der Waals surface area contributed by atoms with Crippen molar-refractivity contribution in [1.82, 2.24) is 0 Å². The number of fused-ring (bicyclic) bond motifs is 1. The van der Waals surface area contributed by atoms with E-state index in [1.54, 1.807) is 0 Å². The van der Waals surface area contributed by atoms with Gasteiger partial charge >= 0.3 is 0 Å². The predicted octanol–water partition coefficient (Wildman–Crippen LogP) is 3.47. The van der Waals surface area contributed by atoms with Crippen LogP contribution in [0.15, 0.2) is 0 Å². The van der Waals surface area contributed by atoms with Gasteiger partial charge in [0, 0.05) is 12.8 Å². The highest BCUT2D eigenvalue weighted by molar-refractivity contribution is 4.90. The molecule has 0 bridgehead atoms. The molecule has 0 heterocycles. The summed E-state index contributed by atoms with van der Waals surface area (Å²) in [6, 6.07) is 0. The molecular formula is C10H16F2. The first-order chi connectivity index (χ1) is 5.57. The van der Waals surface area contributed by atoms with Crippen LogP contribution in [-0.4, -0.2) is 5.92 Å². The van der Waals surface area contributed by atoms with Gasteiger partial charge in [0.05, 0.1) is 0 Å². The van der Waals surface area contributed by atoms with Crippen LogP contribution in [0.2, 0.25) is 0 Å². The van der Waals surface area contributed by atoms with Gasteiger partial charge in [0.15, 0.2) is 0 Å². The van der Waals surface area contributed by atoms with Gasteiger partial charge < -0.3 is 0 Å². The molecule has 0 amide bonds. The van der Waals surface area contributed by atoms with Crippen molar-refractivity contribution in [3.05, 3.63) is 0 Å². The quantitative estimate of drug-likeness (QED) is 0.527. The molecule has 3 atom stereocenters. The molecule has 2 aliphatic carbocycles. The van der Waals surface area contributed by atoms with Crippen LogP contribution in [0.5, 0.6) is 0 Å². The van der Waals surface area contributed by atoms with Crippen molar-refractivity contribution in [2.45, 2.75) is 45.0 Å². The summed E-state index contributed by atoms with van der Waals surface area (Å²) in [5.41, 5.74) is 0. The van der Waals surface area contributed by atoms with Gasteiger partial charge in [-0.1, -0.05) is 6.92 Å². The third-order valence-electron chi connectivity index (χ3n) is 3.52. The smallest absolute Gasteiger partial charge is 0.207 e. The fourth-order valence-corrected chi connectivity index (χ4v) is 3.00. The summed E-state index contributed by atoms with van der Waals surface area (Å²) in [4.78, 5) is 0. The third kappa shape index (κ3) is 1.48. The maximum absolute atomic E-state index is 13.0. The van der Waals surface area contributed by atoms with Crippen LogP contribution in [0.4, 0.5) is 8.78 Å². The lowest BCUT2D eigenvalue weighted by Gasteiger charge is -2.31. The Morgan fingerprint density at radius 2 is 1.83 bits per heavy atom. The van der Waals surface area contributed by atoms with Crippen molar-refractivity contribution in [3.8, 4) is 0 Å². The number of hydrogen-bond acceptors (Lipinski definition) is 0. The van der Waals surface area contributed by atoms with E-state index in [1.807, 2.05) is 0 Å². The Bertz CT molecular complexity index is 177. The standard InChI is InChI=1S/C10H16F2/c1-7-4-8-2-3-10(11,12)6-9(8)5-7/h7-9H,2-6H2,1H3/t7-,8-,9-/m0/s1. The second-order valence-corrected chi connectivity index (χ2v) is 4.70. The van der Waals surface area contributed by atoms with Crippen molar-refractivity contribution < 1.29 is 8.78 Å². The Hall–Kier alpha value is -0.140. The van der Waals surface area contributed by atoms with Crippen molar-refractivity contribution in [1.29, 1.82) is 0 Å². The molecule has 12 heavy (non-hydrogen) atoms. The Morgan fingerprint density at radius 1 is 1.17 bits per heavy atom. The summed E-state index contributed by atoms with van der Waals surface area (Å²) in [6.45, 7) is 2.19. The van der Waals surface area contributed by atoms with Crippen molar-refractivity contribution in [3.63, 3.8) is 0 Å². The van der Waals surface area contributed by atoms with E-state index in [4.69, 9.17) is 0 Å². The van der Waals surface area contributed by atoms with Crippen LogP contribution in [0.25, 0.3) is 0 Å². The molecule has 2 rings (SSSR count). The zero-order valence-electron chi connectivity index (χ0n) is 7.52. The summed E-state index contributed by atoms with van der Waals surface area (Å²) in [7, 11) is 0. The fourth-order valence-electron chi connectivity index (χ4n) is 3.00. The molecule has 0 aromatic carbocycles. The van der Waals surface area contributed by atoms with E-state index in [0.717, 1.165) is 12.8 Å². The summed E-state index contributed by atoms with van der Waals surface area (Å²) >= 11 is 0. The van der Waals surface area contributed by atoms with E-state index in [2.05, 4.69) is 6.92 Å². The highest BCUT2D eigenvalue weighted by Crippen LogP contribution is 2.49. The van der Waals surface area contributed by atoms with E-state index in [1.165, 1.54) is 6.42 Å². The number of alkyl halides is 2. The molecule has 0 aromatic heterocycles. The molecule has 2 fully saturated rings. The molecule has 0 radical (unpaired) electrons. The van der Waals surface area contributed by atoms with Gasteiger partial charge in [0.1, 0.15) is 0 Å². The lowest BCUT2D eigenvalue weighted by molar-refractivity contribution is -0.0634. The average molecular weight is 174 g/mol. The molecule has 0 nitrogen and oxygen atoms in total. The van der Waals surface area contributed by atoms with Gasteiger partial charge in [0.25, 0.3) is 0 Å². The molecule has 0 aromatic rings. The van der Waals surface area contributed by atoms with E-state index < -0.39 is 5.92 Å². The highest BCUT2D eigenvalue weighted by Gasteiger charge is 2.44. The van der Waals surface area contributed by atoms with Crippen molar-refractivity contribution in [2.24, 2.45) is 17.8 Å². The first-order valence-corrected chi connectivity index (χ1v) is 4.95. The third-order valence-corrected chi connectivity index (χ3v) is 3.52. The first kappa shape index (κ1) is 8.46. The van der Waals surface area contributed by atoms with Gasteiger partial charge in [-0.05, 0) is 37.0 Å². The molecule has 2 heteroatoms. The minimum absolute atomic E-state index is 0.140. The van der Waals surface area contributed by atoms with Crippen LogP contribution < -0.4 is 0 Å². The van der Waals surface area contributed by atoms with Crippen LogP contribution >= 0.6 is 0 Å².